The van der Waals surface area contributed by atoms with Crippen LogP contribution in [0.3, 0.4) is 0 Å². The van der Waals surface area contributed by atoms with Gasteiger partial charge in [0.1, 0.15) is 6.10 Å². The summed E-state index contributed by atoms with van der Waals surface area (Å²) in [6, 6.07) is -0.804. The summed E-state index contributed by atoms with van der Waals surface area (Å²) in [5.74, 6) is -0.177. The molecular weight excluding hydrogens is 490 g/mol. The Morgan fingerprint density at radius 3 is 2.47 bits per heavy atom. The van der Waals surface area contributed by atoms with E-state index in [0.29, 0.717) is 18.3 Å². The van der Waals surface area contributed by atoms with Gasteiger partial charge in [0, 0.05) is 6.61 Å². The molecule has 7 N–H and O–H groups in total. The fourth-order valence-corrected chi connectivity index (χ4v) is 10.0. The van der Waals surface area contributed by atoms with Crippen molar-refractivity contribution in [2.75, 3.05) is 6.61 Å². The van der Waals surface area contributed by atoms with E-state index < -0.39 is 42.2 Å². The molecule has 1 aliphatic heterocycles. The molecule has 9 heteroatoms. The Morgan fingerprint density at radius 2 is 1.79 bits per heavy atom. The number of nitrogens with two attached hydrogens (primary N) is 1. The van der Waals surface area contributed by atoms with E-state index in [0.717, 1.165) is 51.4 Å². The largest absolute Gasteiger partial charge is 0.481 e. The first kappa shape index (κ1) is 28.7. The fraction of sp³-hybridized carbons (Fsp3) is 0.966. The van der Waals surface area contributed by atoms with Gasteiger partial charge < -0.3 is 40.7 Å². The molecule has 0 aromatic rings. The minimum absolute atomic E-state index is 0.0124. The zero-order valence-corrected chi connectivity index (χ0v) is 23.2. The highest BCUT2D eigenvalue weighted by atomic mass is 16.7. The maximum atomic E-state index is 12.4. The first-order chi connectivity index (χ1) is 17.9. The number of aliphatic hydroxyl groups is 4. The van der Waals surface area contributed by atoms with Crippen molar-refractivity contribution in [3.05, 3.63) is 0 Å². The molecule has 0 bridgehead atoms. The van der Waals surface area contributed by atoms with Crippen LogP contribution in [0.25, 0.3) is 0 Å². The maximum Gasteiger partial charge on any atom is 0.303 e. The van der Waals surface area contributed by atoms with Gasteiger partial charge in [-0.25, -0.2) is 0 Å². The molecule has 5 fully saturated rings. The normalized spacial score (nSPS) is 53.5. The van der Waals surface area contributed by atoms with Crippen molar-refractivity contribution in [3.8, 4) is 0 Å². The van der Waals surface area contributed by atoms with Crippen LogP contribution in [0.15, 0.2) is 0 Å². The number of carboxylic acids is 1. The number of aliphatic hydroxyl groups excluding tert-OH is 3. The van der Waals surface area contributed by atoms with Crippen LogP contribution < -0.4 is 5.73 Å². The predicted molar refractivity (Wildman–Crippen MR) is 139 cm³/mol. The van der Waals surface area contributed by atoms with Crippen molar-refractivity contribution in [1.82, 2.24) is 0 Å². The van der Waals surface area contributed by atoms with Gasteiger partial charge in [-0.15, -0.1) is 0 Å². The van der Waals surface area contributed by atoms with E-state index in [9.17, 15) is 30.3 Å². The van der Waals surface area contributed by atoms with Crippen LogP contribution in [-0.2, 0) is 14.3 Å². The minimum atomic E-state index is -1.07. The summed E-state index contributed by atoms with van der Waals surface area (Å²) < 4.78 is 12.0. The summed E-state index contributed by atoms with van der Waals surface area (Å²) in [5, 5.41) is 52.5. The Labute approximate surface area is 226 Å². The van der Waals surface area contributed by atoms with E-state index in [4.69, 9.17) is 15.2 Å². The number of hydrogen-bond acceptors (Lipinski definition) is 8. The van der Waals surface area contributed by atoms with Gasteiger partial charge >= 0.3 is 5.97 Å². The number of ether oxygens (including phenoxy) is 2. The second-order valence-electron chi connectivity index (χ2n) is 13.9. The van der Waals surface area contributed by atoms with Gasteiger partial charge in [-0.05, 0) is 105 Å². The summed E-state index contributed by atoms with van der Waals surface area (Å²) >= 11 is 0. The lowest BCUT2D eigenvalue weighted by Crippen LogP contribution is -2.63. The molecule has 0 amide bonds. The summed E-state index contributed by atoms with van der Waals surface area (Å²) in [4.78, 5) is 11.5. The highest BCUT2D eigenvalue weighted by Crippen LogP contribution is 2.70. The smallest absolute Gasteiger partial charge is 0.303 e. The molecule has 14 atom stereocenters. The van der Waals surface area contributed by atoms with Gasteiger partial charge in [-0.3, -0.25) is 4.79 Å². The standard InChI is InChI=1S/C29H49NO8/c1-15-24(34)23(30)25(35)26(37-15)38-18-6-9-27(2)17(13-18)4-5-21-20(27)7-10-28(3)19(8-11-29(21,28)36)16(14-31)12-22(32)33/h15-21,23-26,31,34-36H,4-14,30H2,1-3H3,(H,32,33)/t15-,16-,17+,18-,19+,20-,21+,23+,24-,25+,26-,27-,28+,29-/m0/s1. The second-order valence-corrected chi connectivity index (χ2v) is 13.9. The van der Waals surface area contributed by atoms with Crippen LogP contribution in [0.2, 0.25) is 0 Å². The third-order valence-electron chi connectivity index (χ3n) is 12.3. The van der Waals surface area contributed by atoms with Crippen molar-refractivity contribution in [3.63, 3.8) is 0 Å². The lowest BCUT2D eigenvalue weighted by molar-refractivity contribution is -0.289. The molecule has 0 aromatic carbocycles. The Morgan fingerprint density at radius 1 is 1.05 bits per heavy atom. The van der Waals surface area contributed by atoms with Gasteiger partial charge in [-0.1, -0.05) is 13.8 Å². The third-order valence-corrected chi connectivity index (χ3v) is 12.3. The number of carbonyl (C=O) groups is 1. The van der Waals surface area contributed by atoms with Crippen LogP contribution >= 0.6 is 0 Å². The van der Waals surface area contributed by atoms with Gasteiger partial charge in [-0.2, -0.15) is 0 Å². The van der Waals surface area contributed by atoms with Crippen molar-refractivity contribution in [2.45, 2.75) is 127 Å². The predicted octanol–water partition coefficient (Wildman–Crippen LogP) is 2.02. The summed E-state index contributed by atoms with van der Waals surface area (Å²) in [5.41, 5.74) is 4.88. The molecule has 4 aliphatic carbocycles. The highest BCUT2D eigenvalue weighted by molar-refractivity contribution is 5.67. The highest BCUT2D eigenvalue weighted by Gasteiger charge is 2.68. The SMILES string of the molecule is C[C@@H]1O[C@@H](O[C@H]2CC[C@@]3(C)[C@H](CC[C@@H]4[C@@H]3CC[C@]3(C)[C@@H]([C@H](CO)CC(=O)O)CC[C@]43O)C2)[C@H](O)[C@H](N)[C@H]1O. The molecule has 0 spiro atoms. The van der Waals surface area contributed by atoms with Crippen LogP contribution in [0.5, 0.6) is 0 Å². The second kappa shape index (κ2) is 10.2. The van der Waals surface area contributed by atoms with Gasteiger partial charge in [0.15, 0.2) is 6.29 Å². The maximum absolute atomic E-state index is 12.4. The number of aliphatic carboxylic acids is 1. The molecular formula is C29H49NO8. The lowest BCUT2D eigenvalue weighted by atomic mass is 9.43. The molecule has 4 saturated carbocycles. The van der Waals surface area contributed by atoms with Crippen LogP contribution in [-0.4, -0.2) is 80.5 Å². The van der Waals surface area contributed by atoms with Crippen molar-refractivity contribution < 1.29 is 39.8 Å². The molecule has 0 radical (unpaired) electrons. The van der Waals surface area contributed by atoms with Crippen LogP contribution in [0, 0.1) is 40.4 Å². The summed E-state index contributed by atoms with van der Waals surface area (Å²) in [6.45, 7) is 6.14. The Kier molecular flexibility index (Phi) is 7.73. The first-order valence-electron chi connectivity index (χ1n) is 14.8. The first-order valence-corrected chi connectivity index (χ1v) is 14.8. The molecule has 218 valence electrons. The lowest BCUT2D eigenvalue weighted by Gasteiger charge is -2.64. The van der Waals surface area contributed by atoms with E-state index in [-0.39, 0.29) is 47.7 Å². The molecule has 38 heavy (non-hydrogen) atoms. The van der Waals surface area contributed by atoms with Gasteiger partial charge in [0.25, 0.3) is 0 Å². The van der Waals surface area contributed by atoms with Crippen LogP contribution in [0.4, 0.5) is 0 Å². The molecule has 5 rings (SSSR count). The number of rotatable bonds is 6. The topological polar surface area (TPSA) is 163 Å². The Hall–Kier alpha value is -0.810. The average Bonchev–Trinajstić information content (AvgIpc) is 3.15. The van der Waals surface area contributed by atoms with Crippen molar-refractivity contribution in [2.24, 2.45) is 46.2 Å². The van der Waals surface area contributed by atoms with Gasteiger partial charge in [0.2, 0.25) is 0 Å². The van der Waals surface area contributed by atoms with E-state index in [1.54, 1.807) is 6.92 Å². The summed E-state index contributed by atoms with van der Waals surface area (Å²) in [7, 11) is 0. The third kappa shape index (κ3) is 4.35. The van der Waals surface area contributed by atoms with Crippen molar-refractivity contribution >= 4 is 5.97 Å². The zero-order valence-electron chi connectivity index (χ0n) is 23.2. The molecule has 1 heterocycles. The quantitative estimate of drug-likeness (QED) is 0.277. The zero-order chi connectivity index (χ0) is 27.6. The number of hydrogen-bond donors (Lipinski definition) is 6. The average molecular weight is 540 g/mol. The molecule has 0 aromatic heterocycles. The van der Waals surface area contributed by atoms with E-state index in [2.05, 4.69) is 13.8 Å². The minimum Gasteiger partial charge on any atom is -0.481 e. The van der Waals surface area contributed by atoms with Gasteiger partial charge in [0.05, 0.1) is 36.4 Å². The monoisotopic (exact) mass is 539 g/mol. The summed E-state index contributed by atoms with van der Waals surface area (Å²) in [6.07, 6.45) is 4.51. The Balaban J connectivity index is 1.29. The van der Waals surface area contributed by atoms with Crippen LogP contribution in [0.1, 0.15) is 85.0 Å². The van der Waals surface area contributed by atoms with E-state index in [1.165, 1.54) is 0 Å². The fourth-order valence-electron chi connectivity index (χ4n) is 10.0. The molecule has 1 saturated heterocycles. The molecule has 0 unspecified atom stereocenters. The number of fused-ring (bicyclic) bond motifs is 5. The van der Waals surface area contributed by atoms with E-state index in [1.807, 2.05) is 0 Å². The number of carboxylic acid groups (broad SMARTS) is 1. The van der Waals surface area contributed by atoms with Crippen molar-refractivity contribution in [1.29, 1.82) is 0 Å². The van der Waals surface area contributed by atoms with E-state index >= 15 is 0 Å². The molecule has 9 nitrogen and oxygen atoms in total. The molecule has 5 aliphatic rings. The Bertz CT molecular complexity index is 889.